The van der Waals surface area contributed by atoms with E-state index in [0.717, 1.165) is 33.9 Å². The van der Waals surface area contributed by atoms with Gasteiger partial charge in [-0.3, -0.25) is 9.98 Å². The maximum absolute atomic E-state index is 5.90. The molecule has 0 saturated heterocycles. The van der Waals surface area contributed by atoms with E-state index in [2.05, 4.69) is 20.3 Å². The van der Waals surface area contributed by atoms with Gasteiger partial charge in [-0.05, 0) is 85.6 Å². The Bertz CT molecular complexity index is 1560. The fourth-order valence-electron chi connectivity index (χ4n) is 3.96. The number of nitrogens with zero attached hydrogens (tertiary/aromatic N) is 4. The summed E-state index contributed by atoms with van der Waals surface area (Å²) in [4.78, 5) is 9.17. The van der Waals surface area contributed by atoms with Gasteiger partial charge in [0.05, 0.1) is 37.0 Å². The lowest BCUT2D eigenvalue weighted by Crippen LogP contribution is -1.97. The second-order valence-electron chi connectivity index (χ2n) is 9.30. The van der Waals surface area contributed by atoms with Gasteiger partial charge in [0.1, 0.15) is 13.2 Å². The third kappa shape index (κ3) is 7.42. The number of benzene rings is 3. The quantitative estimate of drug-likeness (QED) is 0.149. The molecule has 10 heteroatoms. The predicted molar refractivity (Wildman–Crippen MR) is 158 cm³/mol. The minimum Gasteiger partial charge on any atom is -0.493 e. The van der Waals surface area contributed by atoms with Crippen LogP contribution in [0.1, 0.15) is 34.0 Å². The number of aryl methyl sites for hydroxylation is 2. The molecule has 3 aromatic carbocycles. The van der Waals surface area contributed by atoms with Gasteiger partial charge < -0.3 is 28.0 Å². The van der Waals surface area contributed by atoms with Crippen molar-refractivity contribution in [2.45, 2.75) is 27.1 Å². The third-order valence-electron chi connectivity index (χ3n) is 6.04. The molecule has 2 aromatic heterocycles. The highest BCUT2D eigenvalue weighted by Crippen LogP contribution is 2.30. The lowest BCUT2D eigenvalue weighted by atomic mass is 10.2. The summed E-state index contributed by atoms with van der Waals surface area (Å²) in [5.41, 5.74) is 4.88. The van der Waals surface area contributed by atoms with Crippen LogP contribution in [0.25, 0.3) is 0 Å². The fourth-order valence-corrected chi connectivity index (χ4v) is 3.96. The number of aliphatic imine (C=N–C) groups is 2. The number of methoxy groups -OCH3 is 2. The average Bonchev–Trinajstić information content (AvgIpc) is 3.64. The molecule has 214 valence electrons. The second-order valence-corrected chi connectivity index (χ2v) is 9.30. The topological polar surface area (TPSA) is 114 Å². The van der Waals surface area contributed by atoms with E-state index in [1.807, 2.05) is 86.6 Å². The minimum atomic E-state index is 0.243. The van der Waals surface area contributed by atoms with Crippen LogP contribution in [0.3, 0.4) is 0 Å². The van der Waals surface area contributed by atoms with E-state index in [1.165, 1.54) is 0 Å². The summed E-state index contributed by atoms with van der Waals surface area (Å²) in [5, 5.41) is 7.76. The summed E-state index contributed by atoms with van der Waals surface area (Å²) in [6.07, 6.45) is 3.53. The highest BCUT2D eigenvalue weighted by atomic mass is 16.5. The standard InChI is InChI=1S/C32H30N4O6/c1-21-13-27(41-35-21)19-39-31-15-23(5-11-29(31)37-3)17-33-25-7-9-26(10-8-25)34-18-24-6-12-30(38-4)32(16-24)40-20-28-14-22(2)36-42-28/h5-18H,19-20H2,1-4H3. The molecular weight excluding hydrogens is 536 g/mol. The van der Waals surface area contributed by atoms with Gasteiger partial charge in [0, 0.05) is 24.6 Å². The van der Waals surface area contributed by atoms with E-state index >= 15 is 0 Å². The monoisotopic (exact) mass is 566 g/mol. The van der Waals surface area contributed by atoms with Gasteiger partial charge >= 0.3 is 0 Å². The van der Waals surface area contributed by atoms with Gasteiger partial charge in [-0.2, -0.15) is 0 Å². The molecule has 2 heterocycles. The molecule has 0 atom stereocenters. The van der Waals surface area contributed by atoms with Crippen LogP contribution in [0, 0.1) is 13.8 Å². The Labute approximate surface area is 243 Å². The molecule has 0 aliphatic rings. The predicted octanol–water partition coefficient (Wildman–Crippen LogP) is 6.96. The van der Waals surface area contributed by atoms with E-state index in [4.69, 9.17) is 28.0 Å². The number of hydrogen-bond donors (Lipinski definition) is 0. The van der Waals surface area contributed by atoms with E-state index in [0.29, 0.717) is 34.5 Å². The second kappa shape index (κ2) is 13.3. The normalized spacial score (nSPS) is 11.3. The maximum atomic E-state index is 5.90. The molecular formula is C32H30N4O6. The first-order chi connectivity index (χ1) is 20.5. The smallest absolute Gasteiger partial charge is 0.174 e. The van der Waals surface area contributed by atoms with E-state index in [1.54, 1.807) is 26.6 Å². The third-order valence-corrected chi connectivity index (χ3v) is 6.04. The molecule has 42 heavy (non-hydrogen) atoms. The first-order valence-corrected chi connectivity index (χ1v) is 13.1. The van der Waals surface area contributed by atoms with Crippen molar-refractivity contribution in [2.24, 2.45) is 9.98 Å². The van der Waals surface area contributed by atoms with E-state index < -0.39 is 0 Å². The summed E-state index contributed by atoms with van der Waals surface area (Å²) in [5.74, 6) is 3.67. The molecule has 5 rings (SSSR count). The van der Waals surface area contributed by atoms with Crippen LogP contribution in [-0.2, 0) is 13.2 Å². The Balaban J connectivity index is 1.22. The van der Waals surface area contributed by atoms with Gasteiger partial charge in [-0.25, -0.2) is 0 Å². The minimum absolute atomic E-state index is 0.243. The van der Waals surface area contributed by atoms with Crippen LogP contribution in [0.15, 0.2) is 91.8 Å². The Hall–Kier alpha value is -5.38. The van der Waals surface area contributed by atoms with E-state index in [9.17, 15) is 0 Å². The van der Waals surface area contributed by atoms with E-state index in [-0.39, 0.29) is 13.2 Å². The molecule has 0 aliphatic carbocycles. The van der Waals surface area contributed by atoms with Crippen molar-refractivity contribution in [1.29, 1.82) is 0 Å². The Morgan fingerprint density at radius 2 is 1.02 bits per heavy atom. The summed E-state index contributed by atoms with van der Waals surface area (Å²) in [7, 11) is 3.20. The fraction of sp³-hybridized carbons (Fsp3) is 0.188. The van der Waals surface area contributed by atoms with Crippen LogP contribution >= 0.6 is 0 Å². The molecule has 0 N–H and O–H groups in total. The van der Waals surface area contributed by atoms with Crippen LogP contribution in [0.4, 0.5) is 11.4 Å². The molecule has 0 spiro atoms. The Morgan fingerprint density at radius 1 is 0.595 bits per heavy atom. The number of rotatable bonds is 12. The van der Waals surface area contributed by atoms with Crippen molar-refractivity contribution in [3.8, 4) is 23.0 Å². The van der Waals surface area contributed by atoms with Crippen LogP contribution < -0.4 is 18.9 Å². The van der Waals surface area contributed by atoms with Crippen LogP contribution in [0.5, 0.6) is 23.0 Å². The van der Waals surface area contributed by atoms with Gasteiger partial charge in [-0.1, -0.05) is 10.3 Å². The highest BCUT2D eigenvalue weighted by molar-refractivity contribution is 5.84. The van der Waals surface area contributed by atoms with Crippen molar-refractivity contribution < 1.29 is 28.0 Å². The highest BCUT2D eigenvalue weighted by Gasteiger charge is 2.09. The van der Waals surface area contributed by atoms with Crippen LogP contribution in [0.2, 0.25) is 0 Å². The van der Waals surface area contributed by atoms with Crippen molar-refractivity contribution in [3.05, 3.63) is 107 Å². The Morgan fingerprint density at radius 3 is 1.38 bits per heavy atom. The molecule has 0 amide bonds. The van der Waals surface area contributed by atoms with Crippen molar-refractivity contribution in [1.82, 2.24) is 10.3 Å². The van der Waals surface area contributed by atoms with Gasteiger partial charge in [0.2, 0.25) is 0 Å². The lowest BCUT2D eigenvalue weighted by molar-refractivity contribution is 0.239. The molecule has 10 nitrogen and oxygen atoms in total. The van der Waals surface area contributed by atoms with Crippen molar-refractivity contribution in [2.75, 3.05) is 14.2 Å². The largest absolute Gasteiger partial charge is 0.493 e. The molecule has 0 fully saturated rings. The number of aromatic nitrogens is 2. The SMILES string of the molecule is COc1ccc(C=Nc2ccc(N=Cc3ccc(OC)c(OCc4cc(C)no4)c3)cc2)cc1OCc1cc(C)no1. The zero-order chi connectivity index (χ0) is 29.3. The number of ether oxygens (including phenoxy) is 4. The molecule has 5 aromatic rings. The lowest BCUT2D eigenvalue weighted by Gasteiger charge is -2.10. The van der Waals surface area contributed by atoms with Gasteiger partial charge in [0.25, 0.3) is 0 Å². The Kier molecular flexibility index (Phi) is 8.93. The van der Waals surface area contributed by atoms with Crippen molar-refractivity contribution >= 4 is 23.8 Å². The molecule has 0 radical (unpaired) electrons. The zero-order valence-electron chi connectivity index (χ0n) is 23.7. The first-order valence-electron chi connectivity index (χ1n) is 13.1. The summed E-state index contributed by atoms with van der Waals surface area (Å²) in [6, 6.07) is 22.5. The molecule has 0 unspecified atom stereocenters. The summed E-state index contributed by atoms with van der Waals surface area (Å²) in [6.45, 7) is 4.21. The summed E-state index contributed by atoms with van der Waals surface area (Å²) >= 11 is 0. The molecule has 0 aliphatic heterocycles. The zero-order valence-corrected chi connectivity index (χ0v) is 23.7. The van der Waals surface area contributed by atoms with Gasteiger partial charge in [0.15, 0.2) is 34.5 Å². The number of hydrogen-bond acceptors (Lipinski definition) is 10. The van der Waals surface area contributed by atoms with Crippen molar-refractivity contribution in [3.63, 3.8) is 0 Å². The van der Waals surface area contributed by atoms with Gasteiger partial charge in [-0.15, -0.1) is 0 Å². The van der Waals surface area contributed by atoms with Crippen LogP contribution in [-0.4, -0.2) is 37.0 Å². The molecule has 0 bridgehead atoms. The average molecular weight is 567 g/mol. The summed E-state index contributed by atoms with van der Waals surface area (Å²) < 4.78 is 33.1. The first kappa shape index (κ1) is 28.2. The molecule has 0 saturated carbocycles. The maximum Gasteiger partial charge on any atom is 0.174 e.